The summed E-state index contributed by atoms with van der Waals surface area (Å²) in [5.41, 5.74) is 0. The van der Waals surface area contributed by atoms with E-state index in [1.54, 1.807) is 0 Å². The van der Waals surface area contributed by atoms with Gasteiger partial charge in [0, 0.05) is 38.1 Å². The van der Waals surface area contributed by atoms with E-state index in [-0.39, 0.29) is 11.8 Å². The Morgan fingerprint density at radius 2 is 2.18 bits per heavy atom. The summed E-state index contributed by atoms with van der Waals surface area (Å²) in [6.07, 6.45) is 5.03. The molecule has 22 heavy (non-hydrogen) atoms. The number of carbonyl (C=O) groups is 1. The van der Waals surface area contributed by atoms with Crippen molar-refractivity contribution in [3.8, 4) is 0 Å². The summed E-state index contributed by atoms with van der Waals surface area (Å²) in [5, 5.41) is 10.2. The second kappa shape index (κ2) is 6.91. The Balaban J connectivity index is 1.48. The third kappa shape index (κ3) is 3.57. The summed E-state index contributed by atoms with van der Waals surface area (Å²) in [5.74, 6) is 1.58. The lowest BCUT2D eigenvalue weighted by Crippen LogP contribution is -2.36. The minimum absolute atomic E-state index is 0.0492. The molecule has 2 fully saturated rings. The average Bonchev–Trinajstić information content (AvgIpc) is 3.31. The van der Waals surface area contributed by atoms with Crippen LogP contribution in [0.1, 0.15) is 44.5 Å². The Hall–Kier alpha value is -1.21. The van der Waals surface area contributed by atoms with E-state index < -0.39 is 0 Å². The number of ether oxygens (including phenoxy) is 1. The lowest BCUT2D eigenvalue weighted by molar-refractivity contribution is -0.127. The van der Waals surface area contributed by atoms with Crippen LogP contribution in [0.2, 0.25) is 0 Å². The summed E-state index contributed by atoms with van der Waals surface area (Å²) in [7, 11) is 0. The molecular formula is C15H24N4O2S. The normalized spacial score (nSPS) is 20.8. The van der Waals surface area contributed by atoms with Crippen LogP contribution in [0.3, 0.4) is 0 Å². The highest BCUT2D eigenvalue weighted by Crippen LogP contribution is 2.35. The van der Waals surface area contributed by atoms with Crippen molar-refractivity contribution < 1.29 is 9.53 Å². The van der Waals surface area contributed by atoms with Crippen molar-refractivity contribution in [1.29, 1.82) is 0 Å². The number of nitrogens with one attached hydrogen (secondary N) is 2. The van der Waals surface area contributed by atoms with Gasteiger partial charge in [0.15, 0.2) is 4.77 Å². The van der Waals surface area contributed by atoms with Gasteiger partial charge < -0.3 is 14.6 Å². The van der Waals surface area contributed by atoms with Gasteiger partial charge in [0.1, 0.15) is 5.82 Å². The summed E-state index contributed by atoms with van der Waals surface area (Å²) >= 11 is 5.26. The predicted molar refractivity (Wildman–Crippen MR) is 85.1 cm³/mol. The number of aromatic nitrogens is 3. The van der Waals surface area contributed by atoms with Gasteiger partial charge in [0.2, 0.25) is 5.91 Å². The molecule has 1 aliphatic heterocycles. The standard InChI is InChI=1S/C15H24N4O2S/c1-10(11-5-8-21-9-6-11)14(20)16-7-4-13-17-18-15(22)19(13)12-2-3-12/h10-12H,2-9H2,1H3,(H,16,20)(H,18,22)/t10-/m1/s1. The highest BCUT2D eigenvalue weighted by atomic mass is 32.1. The quantitative estimate of drug-likeness (QED) is 0.785. The minimum Gasteiger partial charge on any atom is -0.381 e. The Bertz CT molecular complexity index is 572. The summed E-state index contributed by atoms with van der Waals surface area (Å²) in [4.78, 5) is 12.3. The molecule has 1 saturated carbocycles. The lowest BCUT2D eigenvalue weighted by atomic mass is 9.87. The molecule has 1 amide bonds. The molecular weight excluding hydrogens is 300 g/mol. The Morgan fingerprint density at radius 1 is 1.45 bits per heavy atom. The highest BCUT2D eigenvalue weighted by Gasteiger charge is 2.28. The fraction of sp³-hybridized carbons (Fsp3) is 0.800. The van der Waals surface area contributed by atoms with Gasteiger partial charge in [-0.15, -0.1) is 0 Å². The molecule has 7 heteroatoms. The predicted octanol–water partition coefficient (Wildman–Crippen LogP) is 2.00. The van der Waals surface area contributed by atoms with Crippen LogP contribution in [0.5, 0.6) is 0 Å². The molecule has 0 radical (unpaired) electrons. The van der Waals surface area contributed by atoms with Crippen LogP contribution < -0.4 is 5.32 Å². The lowest BCUT2D eigenvalue weighted by Gasteiger charge is -2.26. The van der Waals surface area contributed by atoms with E-state index in [1.807, 2.05) is 6.92 Å². The first-order valence-corrected chi connectivity index (χ1v) is 8.59. The molecule has 1 atom stereocenters. The Morgan fingerprint density at radius 3 is 2.86 bits per heavy atom. The topological polar surface area (TPSA) is 71.9 Å². The van der Waals surface area contributed by atoms with Gasteiger partial charge in [-0.1, -0.05) is 6.92 Å². The van der Waals surface area contributed by atoms with Crippen LogP contribution in [0.4, 0.5) is 0 Å². The second-order valence-corrected chi connectivity index (χ2v) is 6.71. The van der Waals surface area contributed by atoms with Gasteiger partial charge in [-0.05, 0) is 43.8 Å². The van der Waals surface area contributed by atoms with E-state index >= 15 is 0 Å². The van der Waals surface area contributed by atoms with Crippen LogP contribution in [-0.2, 0) is 16.0 Å². The van der Waals surface area contributed by atoms with E-state index in [0.717, 1.165) is 38.3 Å². The van der Waals surface area contributed by atoms with Gasteiger partial charge in [0.05, 0.1) is 0 Å². The van der Waals surface area contributed by atoms with Crippen LogP contribution in [0.25, 0.3) is 0 Å². The fourth-order valence-electron chi connectivity index (χ4n) is 3.11. The molecule has 0 unspecified atom stereocenters. The fourth-order valence-corrected chi connectivity index (χ4v) is 3.41. The van der Waals surface area contributed by atoms with E-state index in [4.69, 9.17) is 17.0 Å². The highest BCUT2D eigenvalue weighted by molar-refractivity contribution is 7.71. The summed E-state index contributed by atoms with van der Waals surface area (Å²) in [6.45, 7) is 4.18. The Kier molecular flexibility index (Phi) is 4.93. The molecule has 0 aromatic carbocycles. The second-order valence-electron chi connectivity index (χ2n) is 6.33. The van der Waals surface area contributed by atoms with Gasteiger partial charge >= 0.3 is 0 Å². The number of H-pyrrole nitrogens is 1. The molecule has 2 aliphatic rings. The number of rotatable bonds is 6. The zero-order valence-electron chi connectivity index (χ0n) is 13.0. The molecule has 1 aliphatic carbocycles. The number of aromatic amines is 1. The van der Waals surface area contributed by atoms with Crippen molar-refractivity contribution in [2.75, 3.05) is 19.8 Å². The smallest absolute Gasteiger partial charge is 0.223 e. The Labute approximate surface area is 135 Å². The number of hydrogen-bond donors (Lipinski definition) is 2. The molecule has 0 bridgehead atoms. The summed E-state index contributed by atoms with van der Waals surface area (Å²) in [6, 6.07) is 0.512. The molecule has 122 valence electrons. The SMILES string of the molecule is C[C@@H](C(=O)NCCc1n[nH]c(=S)n1C1CC1)C1CCOCC1. The van der Waals surface area contributed by atoms with Crippen molar-refractivity contribution >= 4 is 18.1 Å². The molecule has 2 N–H and O–H groups in total. The number of hydrogen-bond acceptors (Lipinski definition) is 4. The number of nitrogens with zero attached hydrogens (tertiary/aromatic N) is 2. The monoisotopic (exact) mass is 324 g/mol. The maximum Gasteiger partial charge on any atom is 0.223 e. The van der Waals surface area contributed by atoms with Crippen molar-refractivity contribution in [2.24, 2.45) is 11.8 Å². The molecule has 1 aromatic rings. The zero-order chi connectivity index (χ0) is 15.5. The first-order chi connectivity index (χ1) is 10.7. The van der Waals surface area contributed by atoms with Crippen molar-refractivity contribution in [1.82, 2.24) is 20.1 Å². The van der Waals surface area contributed by atoms with Crippen molar-refractivity contribution in [2.45, 2.75) is 45.1 Å². The molecule has 1 aromatic heterocycles. The van der Waals surface area contributed by atoms with Gasteiger partial charge in [-0.2, -0.15) is 5.10 Å². The molecule has 1 saturated heterocycles. The van der Waals surface area contributed by atoms with Gasteiger partial charge in [-0.25, -0.2) is 0 Å². The van der Waals surface area contributed by atoms with Crippen LogP contribution >= 0.6 is 12.2 Å². The number of amides is 1. The molecule has 6 nitrogen and oxygen atoms in total. The molecule has 2 heterocycles. The van der Waals surface area contributed by atoms with Crippen molar-refractivity contribution in [3.05, 3.63) is 10.6 Å². The molecule has 0 spiro atoms. The van der Waals surface area contributed by atoms with E-state index in [2.05, 4.69) is 20.1 Å². The summed E-state index contributed by atoms with van der Waals surface area (Å²) < 4.78 is 8.15. The van der Waals surface area contributed by atoms with Gasteiger partial charge in [-0.3, -0.25) is 9.89 Å². The maximum absolute atomic E-state index is 12.3. The van der Waals surface area contributed by atoms with Gasteiger partial charge in [0.25, 0.3) is 0 Å². The zero-order valence-corrected chi connectivity index (χ0v) is 13.8. The maximum atomic E-state index is 12.3. The minimum atomic E-state index is 0.0492. The van der Waals surface area contributed by atoms with Crippen LogP contribution in [0, 0.1) is 16.6 Å². The third-order valence-corrected chi connectivity index (χ3v) is 5.01. The van der Waals surface area contributed by atoms with Crippen LogP contribution in [-0.4, -0.2) is 40.4 Å². The first kappa shape index (κ1) is 15.7. The van der Waals surface area contributed by atoms with E-state index in [9.17, 15) is 4.79 Å². The number of carbonyl (C=O) groups excluding carboxylic acids is 1. The molecule has 3 rings (SSSR count). The van der Waals surface area contributed by atoms with Crippen molar-refractivity contribution in [3.63, 3.8) is 0 Å². The largest absolute Gasteiger partial charge is 0.381 e. The third-order valence-electron chi connectivity index (χ3n) is 4.72. The average molecular weight is 324 g/mol. The van der Waals surface area contributed by atoms with Crippen LogP contribution in [0.15, 0.2) is 0 Å². The first-order valence-electron chi connectivity index (χ1n) is 8.18. The van der Waals surface area contributed by atoms with E-state index in [1.165, 1.54) is 12.8 Å². The van der Waals surface area contributed by atoms with E-state index in [0.29, 0.717) is 23.3 Å².